The van der Waals surface area contributed by atoms with Crippen LogP contribution in [0.4, 0.5) is 8.78 Å². The summed E-state index contributed by atoms with van der Waals surface area (Å²) in [6.45, 7) is 0. The van der Waals surface area contributed by atoms with Crippen LogP contribution in [0, 0.1) is 11.6 Å². The van der Waals surface area contributed by atoms with Crippen molar-refractivity contribution < 1.29 is 18.3 Å². The first-order chi connectivity index (χ1) is 9.58. The molecule has 0 amide bonds. The molecule has 5 heteroatoms. The molecule has 0 aliphatic heterocycles. The zero-order valence-corrected chi connectivity index (χ0v) is 12.6. The minimum Gasteiger partial charge on any atom is -0.497 e. The normalized spacial score (nSPS) is 12.1. The molecule has 0 spiro atoms. The van der Waals surface area contributed by atoms with Gasteiger partial charge in [0.15, 0.2) is 0 Å². The molecule has 0 saturated carbocycles. The Morgan fingerprint density at radius 2 is 1.65 bits per heavy atom. The fraction of sp³-hybridized carbons (Fsp3) is 0.200. The monoisotopic (exact) mass is 342 g/mol. The molecule has 0 fully saturated rings. The number of benzene rings is 2. The maximum atomic E-state index is 13.8. The maximum Gasteiger partial charge on any atom is 0.130 e. The van der Waals surface area contributed by atoms with Crippen LogP contribution in [0.5, 0.6) is 11.5 Å². The number of halogens is 3. The fourth-order valence-electron chi connectivity index (χ4n) is 1.94. The summed E-state index contributed by atoms with van der Waals surface area (Å²) < 4.78 is 38.0. The molecule has 0 aliphatic rings. The number of hydrogen-bond acceptors (Lipinski definition) is 2. The van der Waals surface area contributed by atoms with Crippen LogP contribution in [0.25, 0.3) is 0 Å². The molecule has 0 aromatic heterocycles. The van der Waals surface area contributed by atoms with E-state index in [9.17, 15) is 8.78 Å². The molecular formula is C15H13BrF2O2. The molecular weight excluding hydrogens is 330 g/mol. The molecule has 2 aromatic rings. The van der Waals surface area contributed by atoms with Crippen molar-refractivity contribution in [3.8, 4) is 11.5 Å². The Kier molecular flexibility index (Phi) is 4.60. The van der Waals surface area contributed by atoms with Crippen LogP contribution in [-0.2, 0) is 0 Å². The Labute approximate surface area is 124 Å². The minimum absolute atomic E-state index is 0.0454. The van der Waals surface area contributed by atoms with Gasteiger partial charge >= 0.3 is 0 Å². The van der Waals surface area contributed by atoms with Crippen molar-refractivity contribution in [2.24, 2.45) is 0 Å². The van der Waals surface area contributed by atoms with Crippen molar-refractivity contribution in [3.63, 3.8) is 0 Å². The molecule has 0 N–H and O–H groups in total. The van der Waals surface area contributed by atoms with Crippen molar-refractivity contribution in [2.75, 3.05) is 14.2 Å². The summed E-state index contributed by atoms with van der Waals surface area (Å²) in [6.07, 6.45) is 0. The molecule has 2 aromatic carbocycles. The predicted molar refractivity (Wildman–Crippen MR) is 76.7 cm³/mol. The maximum absolute atomic E-state index is 13.8. The first kappa shape index (κ1) is 14.8. The average Bonchev–Trinajstić information content (AvgIpc) is 2.46. The molecule has 0 bridgehead atoms. The van der Waals surface area contributed by atoms with Crippen molar-refractivity contribution in [1.82, 2.24) is 0 Å². The fourth-order valence-corrected chi connectivity index (χ4v) is 2.75. The highest BCUT2D eigenvalue weighted by Gasteiger charge is 2.22. The molecule has 1 unspecified atom stereocenters. The van der Waals surface area contributed by atoms with Crippen LogP contribution in [-0.4, -0.2) is 14.2 Å². The van der Waals surface area contributed by atoms with E-state index in [2.05, 4.69) is 15.9 Å². The topological polar surface area (TPSA) is 18.5 Å². The van der Waals surface area contributed by atoms with E-state index >= 15 is 0 Å². The smallest absolute Gasteiger partial charge is 0.130 e. The van der Waals surface area contributed by atoms with Gasteiger partial charge in [0, 0.05) is 17.2 Å². The minimum atomic E-state index is -0.649. The highest BCUT2D eigenvalue weighted by molar-refractivity contribution is 9.09. The first-order valence-electron chi connectivity index (χ1n) is 5.88. The van der Waals surface area contributed by atoms with Crippen molar-refractivity contribution in [2.45, 2.75) is 4.83 Å². The third-order valence-electron chi connectivity index (χ3n) is 2.97. The van der Waals surface area contributed by atoms with Gasteiger partial charge in [0.05, 0.1) is 19.0 Å². The highest BCUT2D eigenvalue weighted by Crippen LogP contribution is 2.40. The Hall–Kier alpha value is -1.62. The van der Waals surface area contributed by atoms with Gasteiger partial charge < -0.3 is 9.47 Å². The van der Waals surface area contributed by atoms with E-state index in [0.29, 0.717) is 17.1 Å². The Bertz CT molecular complexity index is 597. The molecule has 0 saturated heterocycles. The summed E-state index contributed by atoms with van der Waals surface area (Å²) in [5, 5.41) is 0. The second-order valence-corrected chi connectivity index (χ2v) is 5.02. The van der Waals surface area contributed by atoms with Gasteiger partial charge in [-0.3, -0.25) is 0 Å². The van der Waals surface area contributed by atoms with E-state index in [1.807, 2.05) is 0 Å². The Morgan fingerprint density at radius 3 is 2.20 bits per heavy atom. The predicted octanol–water partition coefficient (Wildman–Crippen LogP) is 4.47. The molecule has 0 radical (unpaired) electrons. The van der Waals surface area contributed by atoms with Gasteiger partial charge in [-0.1, -0.05) is 28.1 Å². The van der Waals surface area contributed by atoms with Gasteiger partial charge in [-0.2, -0.15) is 0 Å². The third-order valence-corrected chi connectivity index (χ3v) is 3.92. The van der Waals surface area contributed by atoms with Gasteiger partial charge in [-0.25, -0.2) is 8.78 Å². The standard InChI is InChI=1S/C15H13BrF2O2/c1-19-9-6-7-10(13(8-9)20-2)15(16)14-11(17)4-3-5-12(14)18/h3-8,15H,1-2H3. The van der Waals surface area contributed by atoms with Crippen molar-refractivity contribution in [1.29, 1.82) is 0 Å². The van der Waals surface area contributed by atoms with Crippen LogP contribution in [0.1, 0.15) is 16.0 Å². The second kappa shape index (κ2) is 6.22. The molecule has 2 rings (SSSR count). The van der Waals surface area contributed by atoms with Crippen LogP contribution in [0.2, 0.25) is 0 Å². The number of rotatable bonds is 4. The molecule has 20 heavy (non-hydrogen) atoms. The van der Waals surface area contributed by atoms with E-state index in [1.165, 1.54) is 32.4 Å². The summed E-state index contributed by atoms with van der Waals surface area (Å²) in [6, 6.07) is 8.88. The van der Waals surface area contributed by atoms with E-state index in [4.69, 9.17) is 9.47 Å². The zero-order valence-electron chi connectivity index (χ0n) is 11.0. The van der Waals surface area contributed by atoms with E-state index in [-0.39, 0.29) is 5.56 Å². The summed E-state index contributed by atoms with van der Waals surface area (Å²) in [7, 11) is 3.03. The summed E-state index contributed by atoms with van der Waals surface area (Å²) in [5.41, 5.74) is 0.577. The summed E-state index contributed by atoms with van der Waals surface area (Å²) in [4.78, 5) is -0.649. The largest absolute Gasteiger partial charge is 0.497 e. The van der Waals surface area contributed by atoms with Gasteiger partial charge in [0.25, 0.3) is 0 Å². The van der Waals surface area contributed by atoms with Gasteiger partial charge in [0.2, 0.25) is 0 Å². The lowest BCUT2D eigenvalue weighted by Crippen LogP contribution is -2.03. The Morgan fingerprint density at radius 1 is 1.00 bits per heavy atom. The van der Waals surface area contributed by atoms with Crippen LogP contribution >= 0.6 is 15.9 Å². The summed E-state index contributed by atoms with van der Waals surface area (Å²) >= 11 is 3.33. The zero-order chi connectivity index (χ0) is 14.7. The average molecular weight is 343 g/mol. The highest BCUT2D eigenvalue weighted by atomic mass is 79.9. The molecule has 1 atom stereocenters. The molecule has 106 valence electrons. The number of methoxy groups -OCH3 is 2. The number of ether oxygens (including phenoxy) is 2. The second-order valence-electron chi connectivity index (χ2n) is 4.11. The first-order valence-corrected chi connectivity index (χ1v) is 6.80. The quantitative estimate of drug-likeness (QED) is 0.763. The van der Waals surface area contributed by atoms with Gasteiger partial charge in [-0.05, 0) is 18.2 Å². The lowest BCUT2D eigenvalue weighted by Gasteiger charge is -2.16. The lowest BCUT2D eigenvalue weighted by molar-refractivity contribution is 0.391. The summed E-state index contributed by atoms with van der Waals surface area (Å²) in [5.74, 6) is -0.109. The number of alkyl halides is 1. The van der Waals surface area contributed by atoms with Crippen molar-refractivity contribution in [3.05, 3.63) is 59.2 Å². The van der Waals surface area contributed by atoms with E-state index in [1.54, 1.807) is 18.2 Å². The van der Waals surface area contributed by atoms with Crippen LogP contribution < -0.4 is 9.47 Å². The van der Waals surface area contributed by atoms with Crippen LogP contribution in [0.15, 0.2) is 36.4 Å². The van der Waals surface area contributed by atoms with E-state index < -0.39 is 16.5 Å². The Balaban J connectivity index is 2.50. The van der Waals surface area contributed by atoms with Gasteiger partial charge in [-0.15, -0.1) is 0 Å². The van der Waals surface area contributed by atoms with Crippen molar-refractivity contribution >= 4 is 15.9 Å². The molecule has 0 aliphatic carbocycles. The third kappa shape index (κ3) is 2.77. The number of hydrogen-bond donors (Lipinski definition) is 0. The van der Waals surface area contributed by atoms with Crippen LogP contribution in [0.3, 0.4) is 0 Å². The molecule has 2 nitrogen and oxygen atoms in total. The molecule has 0 heterocycles. The SMILES string of the molecule is COc1ccc(C(Br)c2c(F)cccc2F)c(OC)c1. The van der Waals surface area contributed by atoms with E-state index in [0.717, 1.165) is 0 Å². The lowest BCUT2D eigenvalue weighted by atomic mass is 10.0. The van der Waals surface area contributed by atoms with Gasteiger partial charge in [0.1, 0.15) is 23.1 Å².